The normalized spacial score (nSPS) is 18.8. The number of fused-ring (bicyclic) bond motifs is 1. The van der Waals surface area contributed by atoms with Gasteiger partial charge >= 0.3 is 5.76 Å². The molecule has 2 N–H and O–H groups in total. The van der Waals surface area contributed by atoms with E-state index in [9.17, 15) is 4.79 Å². The number of nitrogens with one attached hydrogen (secondary N) is 2. The van der Waals surface area contributed by atoms with E-state index in [2.05, 4.69) is 22.1 Å². The Morgan fingerprint density at radius 1 is 1.37 bits per heavy atom. The second-order valence-corrected chi connectivity index (χ2v) is 5.22. The van der Waals surface area contributed by atoms with Crippen LogP contribution in [0.5, 0.6) is 0 Å². The molecule has 1 saturated heterocycles. The summed E-state index contributed by atoms with van der Waals surface area (Å²) in [6.45, 7) is 7.63. The molecule has 0 radical (unpaired) electrons. The molecule has 102 valence electrons. The largest absolute Gasteiger partial charge is 0.417 e. The minimum absolute atomic E-state index is 0.387. The average Bonchev–Trinajstić information content (AvgIpc) is 2.78. The van der Waals surface area contributed by atoms with Crippen LogP contribution in [-0.4, -0.2) is 42.6 Å². The monoisotopic (exact) mass is 261 g/mol. The van der Waals surface area contributed by atoms with Gasteiger partial charge in [0.15, 0.2) is 5.58 Å². The van der Waals surface area contributed by atoms with Crippen LogP contribution in [0.1, 0.15) is 18.4 Å². The Bertz CT molecular complexity index is 610. The van der Waals surface area contributed by atoms with Gasteiger partial charge in [0.2, 0.25) is 0 Å². The van der Waals surface area contributed by atoms with E-state index in [0.717, 1.165) is 38.2 Å². The molecule has 1 atom stereocenters. The van der Waals surface area contributed by atoms with Gasteiger partial charge in [0, 0.05) is 32.7 Å². The zero-order valence-electron chi connectivity index (χ0n) is 11.1. The smallest absolute Gasteiger partial charge is 0.408 e. The van der Waals surface area contributed by atoms with Gasteiger partial charge in [-0.1, -0.05) is 13.0 Å². The third-order valence-corrected chi connectivity index (χ3v) is 3.75. The average molecular weight is 261 g/mol. The molecule has 0 saturated carbocycles. The molecule has 19 heavy (non-hydrogen) atoms. The second kappa shape index (κ2) is 5.19. The zero-order chi connectivity index (χ0) is 13.2. The minimum atomic E-state index is -0.387. The first kappa shape index (κ1) is 12.4. The molecule has 1 fully saturated rings. The predicted molar refractivity (Wildman–Crippen MR) is 74.6 cm³/mol. The van der Waals surface area contributed by atoms with E-state index in [4.69, 9.17) is 4.42 Å². The first-order chi connectivity index (χ1) is 9.22. The van der Waals surface area contributed by atoms with Crippen LogP contribution in [-0.2, 0) is 0 Å². The fourth-order valence-electron chi connectivity index (χ4n) is 2.66. The maximum Gasteiger partial charge on any atom is 0.417 e. The molecule has 5 heteroatoms. The zero-order valence-corrected chi connectivity index (χ0v) is 11.1. The lowest BCUT2D eigenvalue weighted by Crippen LogP contribution is -2.44. The highest BCUT2D eigenvalue weighted by Gasteiger charge is 2.15. The van der Waals surface area contributed by atoms with Gasteiger partial charge in [-0.25, -0.2) is 4.79 Å². The van der Waals surface area contributed by atoms with E-state index in [1.165, 1.54) is 5.56 Å². The molecule has 1 aromatic heterocycles. The summed E-state index contributed by atoms with van der Waals surface area (Å²) < 4.78 is 5.02. The molecule has 1 aliphatic rings. The summed E-state index contributed by atoms with van der Waals surface area (Å²) in [6, 6.07) is 5.94. The van der Waals surface area contributed by atoms with Gasteiger partial charge in [-0.2, -0.15) is 0 Å². The lowest BCUT2D eigenvalue weighted by molar-refractivity contribution is 0.230. The van der Waals surface area contributed by atoms with Gasteiger partial charge in [-0.3, -0.25) is 4.98 Å². The van der Waals surface area contributed by atoms with E-state index in [1.807, 2.05) is 18.2 Å². The fraction of sp³-hybridized carbons (Fsp3) is 0.500. The quantitative estimate of drug-likeness (QED) is 0.869. The molecule has 1 aliphatic heterocycles. The van der Waals surface area contributed by atoms with Crippen molar-refractivity contribution in [1.29, 1.82) is 0 Å². The van der Waals surface area contributed by atoms with Crippen molar-refractivity contribution in [2.75, 3.05) is 32.7 Å². The fourth-order valence-corrected chi connectivity index (χ4v) is 2.66. The number of hydrogen-bond donors (Lipinski definition) is 2. The second-order valence-electron chi connectivity index (χ2n) is 5.22. The van der Waals surface area contributed by atoms with Crippen molar-refractivity contribution in [2.45, 2.75) is 12.8 Å². The number of piperazine rings is 1. The molecule has 0 aliphatic carbocycles. The number of benzene rings is 1. The van der Waals surface area contributed by atoms with Crippen molar-refractivity contribution >= 4 is 11.1 Å². The van der Waals surface area contributed by atoms with Crippen LogP contribution in [0.2, 0.25) is 0 Å². The van der Waals surface area contributed by atoms with Crippen LogP contribution in [0.25, 0.3) is 11.1 Å². The van der Waals surface area contributed by atoms with Crippen LogP contribution in [0.3, 0.4) is 0 Å². The number of aromatic nitrogens is 1. The first-order valence-electron chi connectivity index (χ1n) is 6.78. The standard InChI is InChI=1S/C14H19N3O2/c1-10(9-17-6-4-15-5-7-17)11-2-3-13-12(8-11)16-14(18)19-13/h2-3,8,10,15H,4-7,9H2,1H3,(H,16,18). The molecular formula is C14H19N3O2. The maximum absolute atomic E-state index is 11.1. The Morgan fingerprint density at radius 2 is 2.16 bits per heavy atom. The molecule has 1 aromatic carbocycles. The Labute approximate surface area is 111 Å². The van der Waals surface area contributed by atoms with Crippen LogP contribution >= 0.6 is 0 Å². The molecule has 0 bridgehead atoms. The lowest BCUT2D eigenvalue weighted by Gasteiger charge is -2.29. The van der Waals surface area contributed by atoms with Gasteiger partial charge in [0.1, 0.15) is 0 Å². The van der Waals surface area contributed by atoms with E-state index in [0.29, 0.717) is 11.5 Å². The third kappa shape index (κ3) is 2.72. The van der Waals surface area contributed by atoms with Crippen molar-refractivity contribution in [3.63, 3.8) is 0 Å². The van der Waals surface area contributed by atoms with E-state index in [-0.39, 0.29) is 5.76 Å². The highest BCUT2D eigenvalue weighted by Crippen LogP contribution is 2.21. The summed E-state index contributed by atoms with van der Waals surface area (Å²) in [7, 11) is 0. The summed E-state index contributed by atoms with van der Waals surface area (Å²) in [5, 5.41) is 3.36. The van der Waals surface area contributed by atoms with Crippen molar-refractivity contribution < 1.29 is 4.42 Å². The van der Waals surface area contributed by atoms with Gasteiger partial charge in [0.05, 0.1) is 5.52 Å². The molecule has 5 nitrogen and oxygen atoms in total. The molecule has 1 unspecified atom stereocenters. The predicted octanol–water partition coefficient (Wildman–Crippen LogP) is 1.13. The van der Waals surface area contributed by atoms with Crippen LogP contribution in [0, 0.1) is 0 Å². The van der Waals surface area contributed by atoms with Crippen molar-refractivity contribution in [3.05, 3.63) is 34.3 Å². The summed E-state index contributed by atoms with van der Waals surface area (Å²) >= 11 is 0. The summed E-state index contributed by atoms with van der Waals surface area (Å²) in [5.41, 5.74) is 2.65. The van der Waals surface area contributed by atoms with Crippen LogP contribution in [0.4, 0.5) is 0 Å². The summed E-state index contributed by atoms with van der Waals surface area (Å²) in [4.78, 5) is 16.3. The Hall–Kier alpha value is -1.59. The summed E-state index contributed by atoms with van der Waals surface area (Å²) in [6.07, 6.45) is 0. The number of rotatable bonds is 3. The Kier molecular flexibility index (Phi) is 3.40. The molecule has 2 heterocycles. The number of H-pyrrole nitrogens is 1. The van der Waals surface area contributed by atoms with Crippen LogP contribution in [0.15, 0.2) is 27.4 Å². The number of hydrogen-bond acceptors (Lipinski definition) is 4. The van der Waals surface area contributed by atoms with Crippen LogP contribution < -0.4 is 11.1 Å². The van der Waals surface area contributed by atoms with Gasteiger partial charge in [0.25, 0.3) is 0 Å². The highest BCUT2D eigenvalue weighted by atomic mass is 16.4. The highest BCUT2D eigenvalue weighted by molar-refractivity contribution is 5.72. The van der Waals surface area contributed by atoms with E-state index >= 15 is 0 Å². The van der Waals surface area contributed by atoms with Gasteiger partial charge in [-0.05, 0) is 23.6 Å². The number of oxazole rings is 1. The maximum atomic E-state index is 11.1. The van der Waals surface area contributed by atoms with Gasteiger partial charge < -0.3 is 14.6 Å². The van der Waals surface area contributed by atoms with Crippen molar-refractivity contribution in [1.82, 2.24) is 15.2 Å². The Balaban J connectivity index is 1.76. The molecular weight excluding hydrogens is 242 g/mol. The molecule has 0 spiro atoms. The molecule has 0 amide bonds. The molecule has 3 rings (SSSR count). The summed E-state index contributed by atoms with van der Waals surface area (Å²) in [5.74, 6) is 0.0582. The Morgan fingerprint density at radius 3 is 2.95 bits per heavy atom. The topological polar surface area (TPSA) is 61.3 Å². The molecule has 2 aromatic rings. The minimum Gasteiger partial charge on any atom is -0.408 e. The lowest BCUT2D eigenvalue weighted by atomic mass is 10.00. The van der Waals surface area contributed by atoms with Gasteiger partial charge in [-0.15, -0.1) is 0 Å². The number of nitrogens with zero attached hydrogens (tertiary/aromatic N) is 1. The number of aromatic amines is 1. The van der Waals surface area contributed by atoms with E-state index in [1.54, 1.807) is 0 Å². The SMILES string of the molecule is CC(CN1CCNCC1)c1ccc2oc(=O)[nH]c2c1. The van der Waals surface area contributed by atoms with Crippen molar-refractivity contribution in [2.24, 2.45) is 0 Å². The third-order valence-electron chi connectivity index (χ3n) is 3.75. The first-order valence-corrected chi connectivity index (χ1v) is 6.78. The van der Waals surface area contributed by atoms with Crippen molar-refractivity contribution in [3.8, 4) is 0 Å². The van der Waals surface area contributed by atoms with E-state index < -0.39 is 0 Å².